The zero-order chi connectivity index (χ0) is 14.6. The van der Waals surface area contributed by atoms with Crippen LogP contribution in [0.1, 0.15) is 5.56 Å². The third kappa shape index (κ3) is 6.53. The van der Waals surface area contributed by atoms with E-state index in [1.807, 2.05) is 25.2 Å². The Balaban J connectivity index is 2.14. The van der Waals surface area contributed by atoms with Crippen LogP contribution in [-0.2, 0) is 14.2 Å². The lowest BCUT2D eigenvalue weighted by Crippen LogP contribution is -2.23. The van der Waals surface area contributed by atoms with E-state index in [0.29, 0.717) is 38.6 Å². The molecule has 5 heteroatoms. The summed E-state index contributed by atoms with van der Waals surface area (Å²) in [4.78, 5) is 2.06. The van der Waals surface area contributed by atoms with E-state index in [-0.39, 0.29) is 0 Å². The Morgan fingerprint density at radius 3 is 2.50 bits per heavy atom. The molecule has 5 nitrogen and oxygen atoms in total. The van der Waals surface area contributed by atoms with Crippen molar-refractivity contribution in [2.45, 2.75) is 0 Å². The summed E-state index contributed by atoms with van der Waals surface area (Å²) in [6, 6.07) is 9.67. The van der Waals surface area contributed by atoms with Crippen molar-refractivity contribution in [1.29, 1.82) is 5.26 Å². The van der Waals surface area contributed by atoms with Crippen molar-refractivity contribution in [2.75, 3.05) is 58.6 Å². The molecule has 0 unspecified atom stereocenters. The van der Waals surface area contributed by atoms with Crippen LogP contribution in [0.4, 0.5) is 5.69 Å². The molecule has 0 radical (unpaired) electrons. The van der Waals surface area contributed by atoms with Gasteiger partial charge in [-0.2, -0.15) is 5.26 Å². The molecule has 1 aromatic carbocycles. The van der Waals surface area contributed by atoms with Crippen molar-refractivity contribution in [2.24, 2.45) is 0 Å². The van der Waals surface area contributed by atoms with Crippen LogP contribution < -0.4 is 4.90 Å². The van der Waals surface area contributed by atoms with Gasteiger partial charge in [-0.05, 0) is 18.2 Å². The van der Waals surface area contributed by atoms with Crippen LogP contribution in [0.25, 0.3) is 0 Å². The topological polar surface area (TPSA) is 54.7 Å². The van der Waals surface area contributed by atoms with Gasteiger partial charge in [-0.15, -0.1) is 0 Å². The van der Waals surface area contributed by atoms with Gasteiger partial charge in [-0.25, -0.2) is 0 Å². The van der Waals surface area contributed by atoms with Gasteiger partial charge in [0.1, 0.15) is 0 Å². The molecule has 0 spiro atoms. The molecule has 0 saturated heterocycles. The highest BCUT2D eigenvalue weighted by Gasteiger charge is 2.01. The van der Waals surface area contributed by atoms with Crippen molar-refractivity contribution >= 4 is 5.69 Å². The second-order valence-corrected chi connectivity index (χ2v) is 4.30. The molecule has 20 heavy (non-hydrogen) atoms. The first-order chi connectivity index (χ1) is 9.77. The first kappa shape index (κ1) is 16.4. The number of likely N-dealkylation sites (N-methyl/N-ethyl adjacent to an activating group) is 1. The first-order valence-corrected chi connectivity index (χ1v) is 6.63. The van der Waals surface area contributed by atoms with Crippen LogP contribution >= 0.6 is 0 Å². The Hall–Kier alpha value is -1.61. The summed E-state index contributed by atoms with van der Waals surface area (Å²) in [6.45, 7) is 3.76. The molecule has 0 aliphatic heterocycles. The molecule has 0 aliphatic rings. The van der Waals surface area contributed by atoms with E-state index in [4.69, 9.17) is 19.5 Å². The molecule has 1 rings (SSSR count). The average Bonchev–Trinajstić information content (AvgIpc) is 2.49. The van der Waals surface area contributed by atoms with E-state index in [1.165, 1.54) is 0 Å². The Morgan fingerprint density at radius 2 is 1.80 bits per heavy atom. The van der Waals surface area contributed by atoms with Crippen molar-refractivity contribution in [3.05, 3.63) is 29.8 Å². The summed E-state index contributed by atoms with van der Waals surface area (Å²) in [5.74, 6) is 0. The molecular formula is C15H22N2O3. The van der Waals surface area contributed by atoms with Crippen LogP contribution in [0.3, 0.4) is 0 Å². The molecule has 0 aromatic heterocycles. The fourth-order valence-electron chi connectivity index (χ4n) is 1.61. The number of ether oxygens (including phenoxy) is 3. The van der Waals surface area contributed by atoms with Crippen molar-refractivity contribution in [3.63, 3.8) is 0 Å². The molecule has 1 aromatic rings. The summed E-state index contributed by atoms with van der Waals surface area (Å²) in [6.07, 6.45) is 0. The summed E-state index contributed by atoms with van der Waals surface area (Å²) in [5, 5.41) is 8.86. The monoisotopic (exact) mass is 278 g/mol. The second-order valence-electron chi connectivity index (χ2n) is 4.30. The first-order valence-electron chi connectivity index (χ1n) is 6.63. The van der Waals surface area contributed by atoms with E-state index >= 15 is 0 Å². The van der Waals surface area contributed by atoms with Crippen molar-refractivity contribution < 1.29 is 14.2 Å². The maximum absolute atomic E-state index is 8.86. The number of benzene rings is 1. The molecule has 110 valence electrons. The average molecular weight is 278 g/mol. The van der Waals surface area contributed by atoms with Crippen LogP contribution in [0, 0.1) is 11.3 Å². The highest BCUT2D eigenvalue weighted by molar-refractivity contribution is 5.50. The second kappa shape index (κ2) is 10.2. The quantitative estimate of drug-likeness (QED) is 0.609. The minimum Gasteiger partial charge on any atom is -0.382 e. The predicted octanol–water partition coefficient (Wildman–Crippen LogP) is 1.67. The Labute approximate surface area is 120 Å². The fourth-order valence-corrected chi connectivity index (χ4v) is 1.61. The SMILES string of the molecule is COCCOCCOCCN(C)c1cccc(C#N)c1. The highest BCUT2D eigenvalue weighted by Crippen LogP contribution is 2.13. The van der Waals surface area contributed by atoms with Crippen molar-refractivity contribution in [1.82, 2.24) is 0 Å². The number of methoxy groups -OCH3 is 1. The van der Waals surface area contributed by atoms with E-state index in [1.54, 1.807) is 13.2 Å². The van der Waals surface area contributed by atoms with Gasteiger partial charge >= 0.3 is 0 Å². The van der Waals surface area contributed by atoms with Crippen LogP contribution in [0.5, 0.6) is 0 Å². The molecule has 0 atom stereocenters. The molecule has 0 saturated carbocycles. The molecule has 0 aliphatic carbocycles. The number of nitrogens with zero attached hydrogens (tertiary/aromatic N) is 2. The summed E-state index contributed by atoms with van der Waals surface area (Å²) in [7, 11) is 3.63. The molecule has 0 bridgehead atoms. The summed E-state index contributed by atoms with van der Waals surface area (Å²) in [5.41, 5.74) is 1.69. The van der Waals surface area contributed by atoms with E-state index in [2.05, 4.69) is 11.0 Å². The van der Waals surface area contributed by atoms with Gasteiger partial charge in [0, 0.05) is 26.4 Å². The van der Waals surface area contributed by atoms with Crippen LogP contribution in [0.15, 0.2) is 24.3 Å². The number of rotatable bonds is 10. The van der Waals surface area contributed by atoms with Crippen molar-refractivity contribution in [3.8, 4) is 6.07 Å². The Morgan fingerprint density at radius 1 is 1.10 bits per heavy atom. The molecule has 0 N–H and O–H groups in total. The van der Waals surface area contributed by atoms with E-state index in [0.717, 1.165) is 12.2 Å². The van der Waals surface area contributed by atoms with Crippen LogP contribution in [0.2, 0.25) is 0 Å². The summed E-state index contributed by atoms with van der Waals surface area (Å²) < 4.78 is 15.7. The third-order valence-corrected chi connectivity index (χ3v) is 2.79. The van der Waals surface area contributed by atoms with Gasteiger partial charge in [0.15, 0.2) is 0 Å². The Bertz CT molecular complexity index is 418. The molecule has 0 amide bonds. The van der Waals surface area contributed by atoms with Gasteiger partial charge in [0.25, 0.3) is 0 Å². The summed E-state index contributed by atoms with van der Waals surface area (Å²) >= 11 is 0. The zero-order valence-corrected chi connectivity index (χ0v) is 12.2. The maximum atomic E-state index is 8.86. The lowest BCUT2D eigenvalue weighted by Gasteiger charge is -2.19. The minimum absolute atomic E-state index is 0.579. The maximum Gasteiger partial charge on any atom is 0.0992 e. The van der Waals surface area contributed by atoms with Gasteiger partial charge in [-0.1, -0.05) is 6.07 Å². The molecule has 0 fully saturated rings. The Kier molecular flexibility index (Phi) is 8.40. The standard InChI is InChI=1S/C15H22N2O3/c1-17(15-5-3-4-14(12-15)13-16)6-7-19-10-11-20-9-8-18-2/h3-5,12H,6-11H2,1-2H3. The number of nitriles is 1. The fraction of sp³-hybridized carbons (Fsp3) is 0.533. The van der Waals surface area contributed by atoms with Gasteiger partial charge in [0.2, 0.25) is 0 Å². The van der Waals surface area contributed by atoms with Gasteiger partial charge < -0.3 is 19.1 Å². The number of hydrogen-bond donors (Lipinski definition) is 0. The zero-order valence-electron chi connectivity index (χ0n) is 12.2. The largest absolute Gasteiger partial charge is 0.382 e. The molecule has 0 heterocycles. The third-order valence-electron chi connectivity index (χ3n) is 2.79. The smallest absolute Gasteiger partial charge is 0.0992 e. The van der Waals surface area contributed by atoms with Gasteiger partial charge in [-0.3, -0.25) is 0 Å². The van der Waals surface area contributed by atoms with Gasteiger partial charge in [0.05, 0.1) is 44.7 Å². The lowest BCUT2D eigenvalue weighted by atomic mass is 10.2. The number of hydrogen-bond acceptors (Lipinski definition) is 5. The number of anilines is 1. The lowest BCUT2D eigenvalue weighted by molar-refractivity contribution is 0.0266. The van der Waals surface area contributed by atoms with E-state index in [9.17, 15) is 0 Å². The van der Waals surface area contributed by atoms with E-state index < -0.39 is 0 Å². The predicted molar refractivity (Wildman–Crippen MR) is 77.9 cm³/mol. The normalized spacial score (nSPS) is 10.2. The minimum atomic E-state index is 0.579. The van der Waals surface area contributed by atoms with Crippen LogP contribution in [-0.4, -0.2) is 53.7 Å². The highest BCUT2D eigenvalue weighted by atomic mass is 16.5. The molecular weight excluding hydrogens is 256 g/mol.